The monoisotopic (exact) mass is 249 g/mol. The minimum absolute atomic E-state index is 0.278. The third kappa shape index (κ3) is 3.17. The summed E-state index contributed by atoms with van der Waals surface area (Å²) in [5, 5.41) is 0.675. The number of benzene rings is 1. The quantitative estimate of drug-likeness (QED) is 0.516. The van der Waals surface area contributed by atoms with Crippen molar-refractivity contribution in [1.29, 1.82) is 0 Å². The molecule has 1 heterocycles. The molecule has 17 heavy (non-hydrogen) atoms. The molecule has 3 nitrogen and oxygen atoms in total. The molecule has 1 aromatic carbocycles. The Bertz CT molecular complexity index is 531. The number of aromatic nitrogens is 2. The number of nitrogens with zero attached hydrogens (tertiary/aromatic N) is 2. The van der Waals surface area contributed by atoms with E-state index in [2.05, 4.69) is 9.97 Å². The molecule has 0 aliphatic heterocycles. The molecule has 0 spiro atoms. The largest absolute Gasteiger partial charge is 0.398 e. The van der Waals surface area contributed by atoms with Crippen LogP contribution in [0.25, 0.3) is 0 Å². The standard InChI is InChI=1S/C12H12FN3S/c1-8-4-5-15-12(16-8)17-7-9-6-10(13)2-3-11(9)14/h2-6H,7,14H2,1H3. The second kappa shape index (κ2) is 5.14. The summed E-state index contributed by atoms with van der Waals surface area (Å²) >= 11 is 1.44. The maximum absolute atomic E-state index is 13.0. The van der Waals surface area contributed by atoms with Crippen molar-refractivity contribution in [2.75, 3.05) is 5.73 Å². The fourth-order valence-corrected chi connectivity index (χ4v) is 2.22. The molecule has 0 unspecified atom stereocenters. The van der Waals surface area contributed by atoms with E-state index in [1.54, 1.807) is 12.3 Å². The molecule has 0 aliphatic carbocycles. The van der Waals surface area contributed by atoms with E-state index in [0.29, 0.717) is 16.6 Å². The Balaban J connectivity index is 2.09. The predicted molar refractivity (Wildman–Crippen MR) is 67.1 cm³/mol. The van der Waals surface area contributed by atoms with Crippen LogP contribution in [0, 0.1) is 12.7 Å². The lowest BCUT2D eigenvalue weighted by molar-refractivity contribution is 0.627. The number of rotatable bonds is 3. The summed E-state index contributed by atoms with van der Waals surface area (Å²) in [6.07, 6.45) is 1.71. The molecule has 0 amide bonds. The summed E-state index contributed by atoms with van der Waals surface area (Å²) in [7, 11) is 0. The van der Waals surface area contributed by atoms with Crippen LogP contribution < -0.4 is 5.73 Å². The number of anilines is 1. The summed E-state index contributed by atoms with van der Waals surface area (Å²) in [5.41, 5.74) is 8.03. The van der Waals surface area contributed by atoms with E-state index in [4.69, 9.17) is 5.73 Å². The van der Waals surface area contributed by atoms with Crippen molar-refractivity contribution in [2.24, 2.45) is 0 Å². The van der Waals surface area contributed by atoms with Gasteiger partial charge >= 0.3 is 0 Å². The first-order valence-corrected chi connectivity index (χ1v) is 6.10. The molecule has 2 N–H and O–H groups in total. The first-order chi connectivity index (χ1) is 8.15. The minimum atomic E-state index is -0.278. The van der Waals surface area contributed by atoms with E-state index in [1.807, 2.05) is 13.0 Å². The summed E-state index contributed by atoms with van der Waals surface area (Å²) in [4.78, 5) is 8.38. The van der Waals surface area contributed by atoms with Gasteiger partial charge in [0.05, 0.1) is 0 Å². The molecule has 1 aromatic heterocycles. The topological polar surface area (TPSA) is 51.8 Å². The summed E-state index contributed by atoms with van der Waals surface area (Å²) in [6.45, 7) is 1.91. The Morgan fingerprint density at radius 1 is 1.35 bits per heavy atom. The van der Waals surface area contributed by atoms with Gasteiger partial charge in [0.1, 0.15) is 5.82 Å². The molecule has 0 saturated carbocycles. The Hall–Kier alpha value is -1.62. The van der Waals surface area contributed by atoms with Crippen LogP contribution in [0.3, 0.4) is 0 Å². The SMILES string of the molecule is Cc1ccnc(SCc2cc(F)ccc2N)n1. The summed E-state index contributed by atoms with van der Waals surface area (Å²) < 4.78 is 13.0. The maximum Gasteiger partial charge on any atom is 0.188 e. The lowest BCUT2D eigenvalue weighted by Crippen LogP contribution is -1.95. The normalized spacial score (nSPS) is 10.5. The van der Waals surface area contributed by atoms with Crippen molar-refractivity contribution in [3.8, 4) is 0 Å². The predicted octanol–water partition coefficient (Wildman–Crippen LogP) is 2.80. The van der Waals surface area contributed by atoms with Gasteiger partial charge in [0.25, 0.3) is 0 Å². The number of aryl methyl sites for hydroxylation is 1. The Morgan fingerprint density at radius 3 is 2.94 bits per heavy atom. The zero-order valence-corrected chi connectivity index (χ0v) is 10.2. The average molecular weight is 249 g/mol. The van der Waals surface area contributed by atoms with Crippen LogP contribution in [0.15, 0.2) is 35.6 Å². The van der Waals surface area contributed by atoms with E-state index < -0.39 is 0 Å². The van der Waals surface area contributed by atoms with Gasteiger partial charge in [-0.3, -0.25) is 0 Å². The van der Waals surface area contributed by atoms with Gasteiger partial charge in [0, 0.05) is 23.3 Å². The van der Waals surface area contributed by atoms with Crippen LogP contribution in [0.1, 0.15) is 11.3 Å². The van der Waals surface area contributed by atoms with Crippen LogP contribution in [-0.2, 0) is 5.75 Å². The highest BCUT2D eigenvalue weighted by molar-refractivity contribution is 7.98. The molecule has 0 saturated heterocycles. The van der Waals surface area contributed by atoms with Crippen LogP contribution in [0.4, 0.5) is 10.1 Å². The molecule has 0 atom stereocenters. The fourth-order valence-electron chi connectivity index (χ4n) is 1.34. The smallest absolute Gasteiger partial charge is 0.188 e. The fraction of sp³-hybridized carbons (Fsp3) is 0.167. The number of hydrogen-bond donors (Lipinski definition) is 1. The van der Waals surface area contributed by atoms with Crippen molar-refractivity contribution in [3.63, 3.8) is 0 Å². The molecular formula is C12H12FN3S. The van der Waals surface area contributed by atoms with Crippen molar-refractivity contribution in [1.82, 2.24) is 9.97 Å². The average Bonchev–Trinajstić information content (AvgIpc) is 2.30. The minimum Gasteiger partial charge on any atom is -0.398 e. The van der Waals surface area contributed by atoms with Gasteiger partial charge in [-0.15, -0.1) is 0 Å². The second-order valence-corrected chi connectivity index (χ2v) is 4.55. The van der Waals surface area contributed by atoms with Crippen molar-refractivity contribution < 1.29 is 4.39 Å². The lowest BCUT2D eigenvalue weighted by atomic mass is 10.2. The van der Waals surface area contributed by atoms with Gasteiger partial charge in [0.2, 0.25) is 0 Å². The van der Waals surface area contributed by atoms with E-state index >= 15 is 0 Å². The summed E-state index contributed by atoms with van der Waals surface area (Å²) in [5.74, 6) is 0.285. The van der Waals surface area contributed by atoms with E-state index in [9.17, 15) is 4.39 Å². The lowest BCUT2D eigenvalue weighted by Gasteiger charge is -2.05. The Labute approximate surface area is 103 Å². The van der Waals surface area contributed by atoms with Gasteiger partial charge in [-0.05, 0) is 36.8 Å². The van der Waals surface area contributed by atoms with E-state index in [0.717, 1.165) is 11.3 Å². The molecule has 0 fully saturated rings. The number of nitrogens with two attached hydrogens (primary N) is 1. The van der Waals surface area contributed by atoms with Crippen LogP contribution in [0.5, 0.6) is 0 Å². The first-order valence-electron chi connectivity index (χ1n) is 5.11. The van der Waals surface area contributed by atoms with Crippen molar-refractivity contribution in [2.45, 2.75) is 17.8 Å². The molecule has 2 aromatic rings. The molecule has 0 bridgehead atoms. The maximum atomic E-state index is 13.0. The van der Waals surface area contributed by atoms with Crippen molar-refractivity contribution >= 4 is 17.4 Å². The molecule has 0 radical (unpaired) electrons. The third-order valence-corrected chi connectivity index (χ3v) is 3.14. The van der Waals surface area contributed by atoms with Gasteiger partial charge < -0.3 is 5.73 Å². The molecule has 2 rings (SSSR count). The van der Waals surface area contributed by atoms with Gasteiger partial charge in [-0.25, -0.2) is 14.4 Å². The Kier molecular flexibility index (Phi) is 3.58. The van der Waals surface area contributed by atoms with Crippen LogP contribution in [0.2, 0.25) is 0 Å². The van der Waals surface area contributed by atoms with Gasteiger partial charge in [0.15, 0.2) is 5.16 Å². The molecular weight excluding hydrogens is 237 g/mol. The third-order valence-electron chi connectivity index (χ3n) is 2.23. The zero-order valence-electron chi connectivity index (χ0n) is 9.35. The highest BCUT2D eigenvalue weighted by atomic mass is 32.2. The number of halogens is 1. The zero-order chi connectivity index (χ0) is 12.3. The van der Waals surface area contributed by atoms with E-state index in [-0.39, 0.29) is 5.82 Å². The van der Waals surface area contributed by atoms with Crippen molar-refractivity contribution in [3.05, 3.63) is 47.5 Å². The molecule has 88 valence electrons. The molecule has 0 aliphatic rings. The summed E-state index contributed by atoms with van der Waals surface area (Å²) in [6, 6.07) is 6.20. The molecule has 5 heteroatoms. The number of nitrogen functional groups attached to an aromatic ring is 1. The first kappa shape index (κ1) is 11.9. The highest BCUT2D eigenvalue weighted by Crippen LogP contribution is 2.23. The number of thioether (sulfide) groups is 1. The highest BCUT2D eigenvalue weighted by Gasteiger charge is 2.04. The van der Waals surface area contributed by atoms with Gasteiger partial charge in [-0.2, -0.15) is 0 Å². The number of hydrogen-bond acceptors (Lipinski definition) is 4. The van der Waals surface area contributed by atoms with Crippen LogP contribution in [-0.4, -0.2) is 9.97 Å². The van der Waals surface area contributed by atoms with E-state index in [1.165, 1.54) is 23.9 Å². The van der Waals surface area contributed by atoms with Gasteiger partial charge in [-0.1, -0.05) is 11.8 Å². The second-order valence-electron chi connectivity index (χ2n) is 3.61. The van der Waals surface area contributed by atoms with Crippen LogP contribution >= 0.6 is 11.8 Å². The Morgan fingerprint density at radius 2 is 2.18 bits per heavy atom.